The van der Waals surface area contributed by atoms with Gasteiger partial charge in [0.2, 0.25) is 0 Å². The first-order valence-corrected chi connectivity index (χ1v) is 7.05. The van der Waals surface area contributed by atoms with Gasteiger partial charge in [0, 0.05) is 19.7 Å². The molecule has 6 heteroatoms. The van der Waals surface area contributed by atoms with Crippen LogP contribution in [-0.2, 0) is 0 Å². The third-order valence-electron chi connectivity index (χ3n) is 3.04. The van der Waals surface area contributed by atoms with E-state index in [4.69, 9.17) is 5.11 Å². The number of hydrogen-bond donors (Lipinski definition) is 2. The summed E-state index contributed by atoms with van der Waals surface area (Å²) in [5, 5.41) is 18.8. The molecule has 0 aliphatic carbocycles. The van der Waals surface area contributed by atoms with E-state index in [0.29, 0.717) is 18.7 Å². The molecule has 108 valence electrons. The number of aliphatic hydroxyl groups is 1. The minimum atomic E-state index is -0.113. The fourth-order valence-corrected chi connectivity index (χ4v) is 1.95. The van der Waals surface area contributed by atoms with Crippen molar-refractivity contribution in [2.75, 3.05) is 19.7 Å². The molecule has 0 atom stereocenters. The molecule has 1 aromatic rings. The van der Waals surface area contributed by atoms with Gasteiger partial charge >= 0.3 is 0 Å². The van der Waals surface area contributed by atoms with Crippen molar-refractivity contribution in [1.29, 1.82) is 0 Å². The lowest BCUT2D eigenvalue weighted by molar-refractivity contribution is 0.0735. The predicted molar refractivity (Wildman–Crippen MR) is 72.7 cm³/mol. The van der Waals surface area contributed by atoms with Crippen LogP contribution in [0.15, 0.2) is 6.20 Å². The van der Waals surface area contributed by atoms with Crippen molar-refractivity contribution in [3.63, 3.8) is 0 Å². The van der Waals surface area contributed by atoms with Gasteiger partial charge in [0.25, 0.3) is 5.91 Å². The highest BCUT2D eigenvalue weighted by atomic mass is 16.3. The first-order chi connectivity index (χ1) is 9.29. The zero-order valence-electron chi connectivity index (χ0n) is 11.6. The van der Waals surface area contributed by atoms with E-state index in [0.717, 1.165) is 19.4 Å². The van der Waals surface area contributed by atoms with Crippen LogP contribution in [0.5, 0.6) is 0 Å². The van der Waals surface area contributed by atoms with Gasteiger partial charge in [-0.1, -0.05) is 32.6 Å². The lowest BCUT2D eigenvalue weighted by Gasteiger charge is -2.21. The first-order valence-electron chi connectivity index (χ1n) is 7.05. The average molecular weight is 268 g/mol. The van der Waals surface area contributed by atoms with Crippen LogP contribution in [0.4, 0.5) is 0 Å². The van der Waals surface area contributed by atoms with Crippen LogP contribution in [0.25, 0.3) is 0 Å². The summed E-state index contributed by atoms with van der Waals surface area (Å²) in [4.78, 5) is 13.9. The number of amides is 1. The summed E-state index contributed by atoms with van der Waals surface area (Å²) in [5.74, 6) is -0.113. The second kappa shape index (κ2) is 9.49. The van der Waals surface area contributed by atoms with Gasteiger partial charge in [0.1, 0.15) is 0 Å². The molecule has 1 heterocycles. The number of aromatic amines is 1. The highest BCUT2D eigenvalue weighted by Crippen LogP contribution is 2.07. The van der Waals surface area contributed by atoms with Crippen LogP contribution in [0.3, 0.4) is 0 Å². The predicted octanol–water partition coefficient (Wildman–Crippen LogP) is 1.60. The van der Waals surface area contributed by atoms with Gasteiger partial charge in [0.05, 0.1) is 6.20 Å². The number of aromatic nitrogens is 3. The Kier molecular flexibility index (Phi) is 7.81. The number of nitrogens with zero attached hydrogens (tertiary/aromatic N) is 3. The topological polar surface area (TPSA) is 82.1 Å². The van der Waals surface area contributed by atoms with E-state index in [-0.39, 0.29) is 12.5 Å². The van der Waals surface area contributed by atoms with Crippen molar-refractivity contribution in [3.05, 3.63) is 11.9 Å². The van der Waals surface area contributed by atoms with Crippen molar-refractivity contribution in [1.82, 2.24) is 20.3 Å². The van der Waals surface area contributed by atoms with Crippen molar-refractivity contribution in [3.8, 4) is 0 Å². The van der Waals surface area contributed by atoms with Crippen molar-refractivity contribution < 1.29 is 9.90 Å². The van der Waals surface area contributed by atoms with Crippen LogP contribution in [0.1, 0.15) is 55.9 Å². The summed E-state index contributed by atoms with van der Waals surface area (Å²) in [6, 6.07) is 0. The second-order valence-corrected chi connectivity index (χ2v) is 4.64. The fourth-order valence-electron chi connectivity index (χ4n) is 1.95. The van der Waals surface area contributed by atoms with E-state index < -0.39 is 0 Å². The van der Waals surface area contributed by atoms with Crippen LogP contribution >= 0.6 is 0 Å². The molecule has 6 nitrogen and oxygen atoms in total. The zero-order valence-corrected chi connectivity index (χ0v) is 11.6. The molecule has 0 saturated carbocycles. The van der Waals surface area contributed by atoms with Crippen molar-refractivity contribution in [2.24, 2.45) is 0 Å². The number of rotatable bonds is 10. The quantitative estimate of drug-likeness (QED) is 0.631. The van der Waals surface area contributed by atoms with Gasteiger partial charge < -0.3 is 10.0 Å². The third-order valence-corrected chi connectivity index (χ3v) is 3.04. The molecular formula is C13H24N4O2. The highest BCUT2D eigenvalue weighted by molar-refractivity contribution is 5.91. The first kappa shape index (κ1) is 15.6. The Morgan fingerprint density at radius 2 is 2.00 bits per heavy atom. The summed E-state index contributed by atoms with van der Waals surface area (Å²) in [6.45, 7) is 3.56. The molecule has 0 spiro atoms. The van der Waals surface area contributed by atoms with Gasteiger partial charge in [-0.05, 0) is 12.8 Å². The second-order valence-electron chi connectivity index (χ2n) is 4.64. The van der Waals surface area contributed by atoms with Gasteiger partial charge in [0.15, 0.2) is 5.69 Å². The Morgan fingerprint density at radius 1 is 1.26 bits per heavy atom. The summed E-state index contributed by atoms with van der Waals surface area (Å²) in [5.41, 5.74) is 0.339. The maximum atomic E-state index is 12.2. The molecule has 0 radical (unpaired) electrons. The van der Waals surface area contributed by atoms with E-state index >= 15 is 0 Å². The van der Waals surface area contributed by atoms with Gasteiger partial charge in [-0.3, -0.25) is 4.79 Å². The summed E-state index contributed by atoms with van der Waals surface area (Å²) >= 11 is 0. The Hall–Kier alpha value is -1.43. The monoisotopic (exact) mass is 268 g/mol. The van der Waals surface area contributed by atoms with E-state index in [9.17, 15) is 4.79 Å². The number of hydrogen-bond acceptors (Lipinski definition) is 4. The molecular weight excluding hydrogens is 244 g/mol. The van der Waals surface area contributed by atoms with Crippen LogP contribution in [-0.4, -0.2) is 51.0 Å². The highest BCUT2D eigenvalue weighted by Gasteiger charge is 2.17. The Bertz CT molecular complexity index is 340. The number of H-pyrrole nitrogens is 1. The molecule has 1 aromatic heterocycles. The largest absolute Gasteiger partial charge is 0.396 e. The number of aliphatic hydroxyl groups excluding tert-OH is 1. The van der Waals surface area contributed by atoms with E-state index in [1.807, 2.05) is 0 Å². The van der Waals surface area contributed by atoms with E-state index in [2.05, 4.69) is 22.3 Å². The third kappa shape index (κ3) is 5.83. The normalized spacial score (nSPS) is 10.6. The Labute approximate surface area is 114 Å². The number of carbonyl (C=O) groups excluding carboxylic acids is 1. The van der Waals surface area contributed by atoms with Crippen molar-refractivity contribution >= 4 is 5.91 Å². The zero-order chi connectivity index (χ0) is 13.9. The number of carbonyl (C=O) groups is 1. The van der Waals surface area contributed by atoms with Crippen molar-refractivity contribution in [2.45, 2.75) is 45.4 Å². The maximum Gasteiger partial charge on any atom is 0.276 e. The molecule has 0 unspecified atom stereocenters. The molecule has 0 bridgehead atoms. The Balaban J connectivity index is 2.40. The van der Waals surface area contributed by atoms with Gasteiger partial charge in [-0.2, -0.15) is 15.4 Å². The maximum absolute atomic E-state index is 12.2. The fraction of sp³-hybridized carbons (Fsp3) is 0.769. The van der Waals surface area contributed by atoms with E-state index in [1.54, 1.807) is 4.90 Å². The Morgan fingerprint density at radius 3 is 2.63 bits per heavy atom. The smallest absolute Gasteiger partial charge is 0.276 e. The van der Waals surface area contributed by atoms with Crippen LogP contribution in [0, 0.1) is 0 Å². The lowest BCUT2D eigenvalue weighted by atomic mass is 10.1. The summed E-state index contributed by atoms with van der Waals surface area (Å²) < 4.78 is 0. The summed E-state index contributed by atoms with van der Waals surface area (Å²) in [6.07, 6.45) is 7.83. The minimum Gasteiger partial charge on any atom is -0.396 e. The van der Waals surface area contributed by atoms with Crippen LogP contribution < -0.4 is 0 Å². The molecule has 0 aliphatic rings. The molecule has 0 aliphatic heterocycles. The van der Waals surface area contributed by atoms with Gasteiger partial charge in [-0.15, -0.1) is 0 Å². The number of nitrogens with one attached hydrogen (secondary N) is 1. The SMILES string of the molecule is CCCCCCCN(CCCO)C(=O)c1cn[nH]n1. The van der Waals surface area contributed by atoms with Gasteiger partial charge in [-0.25, -0.2) is 0 Å². The molecule has 0 aromatic carbocycles. The molecule has 2 N–H and O–H groups in total. The lowest BCUT2D eigenvalue weighted by Crippen LogP contribution is -2.33. The molecule has 0 fully saturated rings. The van der Waals surface area contributed by atoms with E-state index in [1.165, 1.54) is 25.5 Å². The standard InChI is InChI=1S/C13H24N4O2/c1-2-3-4-5-6-8-17(9-7-10-18)13(19)12-11-14-16-15-12/h11,18H,2-10H2,1H3,(H,14,15,16). The molecule has 1 rings (SSSR count). The molecule has 0 saturated heterocycles. The average Bonchev–Trinajstić information content (AvgIpc) is 2.95. The molecule has 1 amide bonds. The number of unbranched alkanes of at least 4 members (excludes halogenated alkanes) is 4. The minimum absolute atomic E-state index is 0.0957. The molecule has 19 heavy (non-hydrogen) atoms. The summed E-state index contributed by atoms with van der Waals surface area (Å²) in [7, 11) is 0. The van der Waals surface area contributed by atoms with Crippen LogP contribution in [0.2, 0.25) is 0 Å².